The average molecular weight is 300 g/mol. The summed E-state index contributed by atoms with van der Waals surface area (Å²) in [7, 11) is 0. The first kappa shape index (κ1) is 15.8. The van der Waals surface area contributed by atoms with Gasteiger partial charge in [0.1, 0.15) is 0 Å². The Balaban J connectivity index is 2.17. The van der Waals surface area contributed by atoms with Crippen molar-refractivity contribution in [3.8, 4) is 0 Å². The van der Waals surface area contributed by atoms with Gasteiger partial charge in [-0.05, 0) is 49.9 Å². The minimum atomic E-state index is -4.42. The Morgan fingerprint density at radius 3 is 2.71 bits per heavy atom. The number of hydrogen-bond donors (Lipinski definition) is 2. The minimum Gasteiger partial charge on any atom is -0.330 e. The van der Waals surface area contributed by atoms with Crippen LogP contribution in [0.2, 0.25) is 0 Å². The zero-order valence-corrected chi connectivity index (χ0v) is 11.8. The number of nitrogens with two attached hydrogens (primary N) is 1. The van der Waals surface area contributed by atoms with Crippen LogP contribution in [-0.2, 0) is 11.0 Å². The summed E-state index contributed by atoms with van der Waals surface area (Å²) in [5, 5.41) is 2.63. The van der Waals surface area contributed by atoms with Gasteiger partial charge in [-0.2, -0.15) is 13.2 Å². The lowest BCUT2D eigenvalue weighted by molar-refractivity contribution is -0.137. The molecule has 0 heterocycles. The number of carbonyl (C=O) groups excluding carboxylic acids is 1. The van der Waals surface area contributed by atoms with Gasteiger partial charge in [-0.3, -0.25) is 4.79 Å². The number of rotatable bonds is 3. The van der Waals surface area contributed by atoms with Crippen LogP contribution in [0.1, 0.15) is 30.4 Å². The van der Waals surface area contributed by atoms with E-state index in [9.17, 15) is 18.0 Å². The first-order valence-electron chi connectivity index (χ1n) is 7.01. The number of anilines is 1. The molecule has 1 aliphatic carbocycles. The van der Waals surface area contributed by atoms with Crippen molar-refractivity contribution in [2.24, 2.45) is 17.6 Å². The molecule has 0 spiro atoms. The second-order valence-electron chi connectivity index (χ2n) is 5.55. The summed E-state index contributed by atoms with van der Waals surface area (Å²) in [6, 6.07) is 3.37. The average Bonchev–Trinajstić information content (AvgIpc) is 2.88. The van der Waals surface area contributed by atoms with E-state index in [4.69, 9.17) is 5.73 Å². The Morgan fingerprint density at radius 2 is 2.10 bits per heavy atom. The molecule has 1 aromatic carbocycles. The molecule has 1 aliphatic rings. The summed E-state index contributed by atoms with van der Waals surface area (Å²) in [6.07, 6.45) is -1.84. The molecule has 2 unspecified atom stereocenters. The van der Waals surface area contributed by atoms with E-state index in [1.165, 1.54) is 6.07 Å². The number of benzene rings is 1. The maximum Gasteiger partial charge on any atom is 0.416 e. The Hall–Kier alpha value is -1.56. The minimum absolute atomic E-state index is 0.121. The smallest absolute Gasteiger partial charge is 0.330 e. The van der Waals surface area contributed by atoms with Crippen molar-refractivity contribution >= 4 is 11.6 Å². The van der Waals surface area contributed by atoms with Gasteiger partial charge in [0.25, 0.3) is 0 Å². The third kappa shape index (κ3) is 3.56. The molecule has 0 bridgehead atoms. The van der Waals surface area contributed by atoms with Gasteiger partial charge in [0.15, 0.2) is 0 Å². The monoisotopic (exact) mass is 300 g/mol. The molecule has 0 aromatic heterocycles. The summed E-state index contributed by atoms with van der Waals surface area (Å²) in [4.78, 5) is 12.2. The molecule has 1 aromatic rings. The largest absolute Gasteiger partial charge is 0.416 e. The van der Waals surface area contributed by atoms with Crippen molar-refractivity contribution in [1.82, 2.24) is 0 Å². The maximum atomic E-state index is 12.7. The van der Waals surface area contributed by atoms with Gasteiger partial charge in [0, 0.05) is 11.6 Å². The van der Waals surface area contributed by atoms with Gasteiger partial charge in [-0.25, -0.2) is 0 Å². The molecular weight excluding hydrogens is 281 g/mol. The van der Waals surface area contributed by atoms with Gasteiger partial charge in [0.2, 0.25) is 5.91 Å². The SMILES string of the molecule is Cc1ccc(C(F)(F)F)cc1NC(=O)C1CCCC1CN. The predicted octanol–water partition coefficient (Wildman–Crippen LogP) is 3.33. The standard InChI is InChI=1S/C15H19F3N2O/c1-9-5-6-11(15(16,17)18)7-13(9)20-14(21)12-4-2-3-10(12)8-19/h5-7,10,12H,2-4,8,19H2,1H3,(H,20,21). The number of carbonyl (C=O) groups is 1. The van der Waals surface area contributed by atoms with Crippen molar-refractivity contribution in [3.63, 3.8) is 0 Å². The molecule has 0 aliphatic heterocycles. The van der Waals surface area contributed by atoms with Crippen molar-refractivity contribution < 1.29 is 18.0 Å². The molecule has 2 atom stereocenters. The topological polar surface area (TPSA) is 55.1 Å². The molecule has 1 saturated carbocycles. The highest BCUT2D eigenvalue weighted by Crippen LogP contribution is 2.34. The number of nitrogens with one attached hydrogen (secondary N) is 1. The second kappa shape index (κ2) is 6.05. The van der Waals surface area contributed by atoms with Crippen LogP contribution in [-0.4, -0.2) is 12.5 Å². The van der Waals surface area contributed by atoms with Crippen molar-refractivity contribution in [2.45, 2.75) is 32.4 Å². The fourth-order valence-corrected chi connectivity index (χ4v) is 2.82. The van der Waals surface area contributed by atoms with Crippen LogP contribution in [0.15, 0.2) is 18.2 Å². The number of aryl methyl sites for hydroxylation is 1. The van der Waals surface area contributed by atoms with E-state index in [-0.39, 0.29) is 23.4 Å². The van der Waals surface area contributed by atoms with Crippen LogP contribution >= 0.6 is 0 Å². The molecule has 1 fully saturated rings. The Kier molecular flexibility index (Phi) is 4.56. The number of hydrogen-bond acceptors (Lipinski definition) is 2. The molecule has 3 N–H and O–H groups in total. The summed E-state index contributed by atoms with van der Waals surface area (Å²) in [6.45, 7) is 2.10. The van der Waals surface area contributed by atoms with Crippen LogP contribution in [0.25, 0.3) is 0 Å². The molecule has 0 radical (unpaired) electrons. The molecule has 116 valence electrons. The third-order valence-corrected chi connectivity index (χ3v) is 4.12. The number of amides is 1. The molecule has 2 rings (SSSR count). The van der Waals surface area contributed by atoms with Crippen molar-refractivity contribution in [2.75, 3.05) is 11.9 Å². The van der Waals surface area contributed by atoms with Gasteiger partial charge in [-0.1, -0.05) is 12.5 Å². The van der Waals surface area contributed by atoms with E-state index < -0.39 is 11.7 Å². The molecule has 0 saturated heterocycles. The van der Waals surface area contributed by atoms with E-state index in [1.807, 2.05) is 0 Å². The highest BCUT2D eigenvalue weighted by atomic mass is 19.4. The molecular formula is C15H19F3N2O. The van der Waals surface area contributed by atoms with Crippen LogP contribution < -0.4 is 11.1 Å². The van der Waals surface area contributed by atoms with E-state index in [2.05, 4.69) is 5.32 Å². The zero-order valence-electron chi connectivity index (χ0n) is 11.8. The summed E-state index contributed by atoms with van der Waals surface area (Å²) >= 11 is 0. The normalized spacial score (nSPS) is 22.3. The van der Waals surface area contributed by atoms with Gasteiger partial charge >= 0.3 is 6.18 Å². The van der Waals surface area contributed by atoms with Gasteiger partial charge < -0.3 is 11.1 Å². The second-order valence-corrected chi connectivity index (χ2v) is 5.55. The number of alkyl halides is 3. The third-order valence-electron chi connectivity index (χ3n) is 4.12. The molecule has 6 heteroatoms. The quantitative estimate of drug-likeness (QED) is 0.899. The van der Waals surface area contributed by atoms with E-state index in [0.29, 0.717) is 12.1 Å². The van der Waals surface area contributed by atoms with Crippen LogP contribution in [0, 0.1) is 18.8 Å². The lowest BCUT2D eigenvalue weighted by atomic mass is 9.95. The van der Waals surface area contributed by atoms with E-state index in [1.54, 1.807) is 6.92 Å². The van der Waals surface area contributed by atoms with Gasteiger partial charge in [-0.15, -0.1) is 0 Å². The lowest BCUT2D eigenvalue weighted by Crippen LogP contribution is -2.30. The lowest BCUT2D eigenvalue weighted by Gasteiger charge is -2.19. The zero-order chi connectivity index (χ0) is 15.6. The summed E-state index contributed by atoms with van der Waals surface area (Å²) in [5.74, 6) is -0.314. The Morgan fingerprint density at radius 1 is 1.38 bits per heavy atom. The fraction of sp³-hybridized carbons (Fsp3) is 0.533. The van der Waals surface area contributed by atoms with Gasteiger partial charge in [0.05, 0.1) is 5.56 Å². The highest BCUT2D eigenvalue weighted by molar-refractivity contribution is 5.93. The molecule has 21 heavy (non-hydrogen) atoms. The predicted molar refractivity (Wildman–Crippen MR) is 74.7 cm³/mol. The van der Waals surface area contributed by atoms with Crippen LogP contribution in [0.5, 0.6) is 0 Å². The van der Waals surface area contributed by atoms with E-state index >= 15 is 0 Å². The van der Waals surface area contributed by atoms with Crippen LogP contribution in [0.3, 0.4) is 0 Å². The fourth-order valence-electron chi connectivity index (χ4n) is 2.82. The first-order valence-corrected chi connectivity index (χ1v) is 7.01. The Bertz CT molecular complexity index is 528. The number of halogens is 3. The van der Waals surface area contributed by atoms with Crippen molar-refractivity contribution in [1.29, 1.82) is 0 Å². The molecule has 3 nitrogen and oxygen atoms in total. The Labute approximate surface area is 121 Å². The first-order chi connectivity index (χ1) is 9.82. The van der Waals surface area contributed by atoms with Crippen molar-refractivity contribution in [3.05, 3.63) is 29.3 Å². The molecule has 1 amide bonds. The van der Waals surface area contributed by atoms with Crippen LogP contribution in [0.4, 0.5) is 18.9 Å². The van der Waals surface area contributed by atoms with E-state index in [0.717, 1.165) is 31.4 Å². The maximum absolute atomic E-state index is 12.7. The summed E-state index contributed by atoms with van der Waals surface area (Å²) < 4.78 is 38.2. The highest BCUT2D eigenvalue weighted by Gasteiger charge is 2.33. The summed E-state index contributed by atoms with van der Waals surface area (Å²) in [5.41, 5.74) is 5.71.